The van der Waals surface area contributed by atoms with E-state index in [1.165, 1.54) is 12.0 Å². The fourth-order valence-electron chi connectivity index (χ4n) is 1.89. The molecule has 0 heterocycles. The van der Waals surface area contributed by atoms with Crippen LogP contribution in [0.25, 0.3) is 0 Å². The highest BCUT2D eigenvalue weighted by Crippen LogP contribution is 2.22. The van der Waals surface area contributed by atoms with Crippen LogP contribution < -0.4 is 10.5 Å². The fourth-order valence-corrected chi connectivity index (χ4v) is 1.89. The Balaban J connectivity index is 2.92. The molecule has 0 unspecified atom stereocenters. The standard InChI is InChI=1S/C15H19F3N2O/c1-3-20(11-15(16,17)18)10-12-6-7-14(21-2)13(9-12)5-4-8-19/h6-7,9H,3,8,10-11,19H2,1-2H3. The van der Waals surface area contributed by atoms with Crippen molar-refractivity contribution < 1.29 is 17.9 Å². The van der Waals surface area contributed by atoms with Crippen LogP contribution in [0.2, 0.25) is 0 Å². The van der Waals surface area contributed by atoms with Gasteiger partial charge in [-0.3, -0.25) is 4.90 Å². The van der Waals surface area contributed by atoms with E-state index in [-0.39, 0.29) is 13.1 Å². The van der Waals surface area contributed by atoms with Crippen molar-refractivity contribution in [2.24, 2.45) is 5.73 Å². The molecule has 1 aromatic carbocycles. The minimum atomic E-state index is -4.20. The van der Waals surface area contributed by atoms with E-state index in [9.17, 15) is 13.2 Å². The first-order valence-electron chi connectivity index (χ1n) is 6.54. The molecule has 116 valence electrons. The monoisotopic (exact) mass is 300 g/mol. The van der Waals surface area contributed by atoms with Crippen molar-refractivity contribution in [3.8, 4) is 17.6 Å². The van der Waals surface area contributed by atoms with Crippen molar-refractivity contribution in [2.75, 3.05) is 26.7 Å². The van der Waals surface area contributed by atoms with Crippen LogP contribution in [0.15, 0.2) is 18.2 Å². The lowest BCUT2D eigenvalue weighted by Gasteiger charge is -2.22. The van der Waals surface area contributed by atoms with E-state index in [0.29, 0.717) is 17.9 Å². The van der Waals surface area contributed by atoms with Gasteiger partial charge >= 0.3 is 6.18 Å². The molecule has 0 bridgehead atoms. The van der Waals surface area contributed by atoms with Gasteiger partial charge in [0.2, 0.25) is 0 Å². The second kappa shape index (κ2) is 7.91. The Kier molecular flexibility index (Phi) is 6.53. The Morgan fingerprint density at radius 2 is 2.05 bits per heavy atom. The first-order valence-corrected chi connectivity index (χ1v) is 6.54. The second-order valence-corrected chi connectivity index (χ2v) is 4.46. The zero-order valence-corrected chi connectivity index (χ0v) is 12.1. The number of rotatable bonds is 5. The number of benzene rings is 1. The first-order chi connectivity index (χ1) is 9.89. The smallest absolute Gasteiger partial charge is 0.401 e. The number of alkyl halides is 3. The molecule has 21 heavy (non-hydrogen) atoms. The van der Waals surface area contributed by atoms with Gasteiger partial charge in [0.05, 0.1) is 25.8 Å². The molecule has 2 N–H and O–H groups in total. The van der Waals surface area contributed by atoms with Crippen LogP contribution in [0.3, 0.4) is 0 Å². The number of ether oxygens (including phenoxy) is 1. The molecule has 1 aromatic rings. The van der Waals surface area contributed by atoms with Gasteiger partial charge < -0.3 is 10.5 Å². The summed E-state index contributed by atoms with van der Waals surface area (Å²) in [5, 5.41) is 0. The Morgan fingerprint density at radius 1 is 1.33 bits per heavy atom. The van der Waals surface area contributed by atoms with E-state index < -0.39 is 12.7 Å². The maximum absolute atomic E-state index is 12.5. The number of halogens is 3. The lowest BCUT2D eigenvalue weighted by Crippen LogP contribution is -2.33. The maximum Gasteiger partial charge on any atom is 0.401 e. The summed E-state index contributed by atoms with van der Waals surface area (Å²) in [7, 11) is 1.52. The van der Waals surface area contributed by atoms with Crippen LogP contribution in [0.5, 0.6) is 5.75 Å². The molecule has 0 aliphatic heterocycles. The largest absolute Gasteiger partial charge is 0.495 e. The Labute approximate surface area is 122 Å². The Bertz CT molecular complexity index is 518. The lowest BCUT2D eigenvalue weighted by atomic mass is 10.1. The molecule has 0 spiro atoms. The van der Waals surface area contributed by atoms with Gasteiger partial charge in [-0.25, -0.2) is 0 Å². The minimum absolute atomic E-state index is 0.206. The van der Waals surface area contributed by atoms with Crippen LogP contribution >= 0.6 is 0 Å². The summed E-state index contributed by atoms with van der Waals surface area (Å²) in [4.78, 5) is 1.32. The number of hydrogen-bond acceptors (Lipinski definition) is 3. The molecular formula is C15H19F3N2O. The third-order valence-electron chi connectivity index (χ3n) is 2.85. The van der Waals surface area contributed by atoms with E-state index in [4.69, 9.17) is 10.5 Å². The van der Waals surface area contributed by atoms with Crippen molar-refractivity contribution in [3.63, 3.8) is 0 Å². The Hall–Kier alpha value is -1.71. The van der Waals surface area contributed by atoms with Crippen molar-refractivity contribution in [1.82, 2.24) is 4.90 Å². The molecule has 1 rings (SSSR count). The third-order valence-corrected chi connectivity index (χ3v) is 2.85. The molecule has 0 fully saturated rings. The van der Waals surface area contributed by atoms with Crippen LogP contribution in [0, 0.1) is 11.8 Å². The van der Waals surface area contributed by atoms with Gasteiger partial charge in [0, 0.05) is 6.54 Å². The van der Waals surface area contributed by atoms with Crippen LogP contribution in [0.4, 0.5) is 13.2 Å². The molecule has 0 atom stereocenters. The van der Waals surface area contributed by atoms with E-state index in [1.807, 2.05) is 0 Å². The van der Waals surface area contributed by atoms with Gasteiger partial charge in [0.1, 0.15) is 5.75 Å². The minimum Gasteiger partial charge on any atom is -0.495 e. The number of methoxy groups -OCH3 is 1. The number of hydrogen-bond donors (Lipinski definition) is 1. The zero-order valence-electron chi connectivity index (χ0n) is 12.1. The van der Waals surface area contributed by atoms with E-state index in [0.717, 1.165) is 5.56 Å². The van der Waals surface area contributed by atoms with Crippen molar-refractivity contribution in [1.29, 1.82) is 0 Å². The Morgan fingerprint density at radius 3 is 2.57 bits per heavy atom. The topological polar surface area (TPSA) is 38.5 Å². The van der Waals surface area contributed by atoms with E-state index in [1.54, 1.807) is 25.1 Å². The van der Waals surface area contributed by atoms with Crippen LogP contribution in [-0.4, -0.2) is 37.8 Å². The molecule has 0 aromatic heterocycles. The summed E-state index contributed by atoms with van der Waals surface area (Å²) in [6, 6.07) is 5.18. The molecule has 0 aliphatic carbocycles. The lowest BCUT2D eigenvalue weighted by molar-refractivity contribution is -0.146. The average Bonchev–Trinajstić information content (AvgIpc) is 2.43. The third kappa shape index (κ3) is 6.06. The van der Waals surface area contributed by atoms with E-state index >= 15 is 0 Å². The summed E-state index contributed by atoms with van der Waals surface area (Å²) in [5.74, 6) is 6.16. The molecule has 0 saturated heterocycles. The fraction of sp³-hybridized carbons (Fsp3) is 0.467. The first kappa shape index (κ1) is 17.3. The molecule has 6 heteroatoms. The summed E-state index contributed by atoms with van der Waals surface area (Å²) < 4.78 is 42.6. The maximum atomic E-state index is 12.5. The molecule has 3 nitrogen and oxygen atoms in total. The zero-order chi connectivity index (χ0) is 15.9. The summed E-state index contributed by atoms with van der Waals surface area (Å²) in [5.41, 5.74) is 6.71. The predicted molar refractivity (Wildman–Crippen MR) is 75.9 cm³/mol. The average molecular weight is 300 g/mol. The summed E-state index contributed by atoms with van der Waals surface area (Å²) in [6.07, 6.45) is -4.20. The van der Waals surface area contributed by atoms with E-state index in [2.05, 4.69) is 11.8 Å². The van der Waals surface area contributed by atoms with Gasteiger partial charge in [0.15, 0.2) is 0 Å². The quantitative estimate of drug-likeness (QED) is 0.849. The number of nitrogens with zero attached hydrogens (tertiary/aromatic N) is 1. The molecule has 0 aliphatic rings. The highest BCUT2D eigenvalue weighted by Gasteiger charge is 2.30. The molecule has 0 saturated carbocycles. The molecule has 0 radical (unpaired) electrons. The second-order valence-electron chi connectivity index (χ2n) is 4.46. The number of nitrogens with two attached hydrogens (primary N) is 1. The van der Waals surface area contributed by atoms with Crippen molar-refractivity contribution >= 4 is 0 Å². The van der Waals surface area contributed by atoms with Gasteiger partial charge in [-0.05, 0) is 24.2 Å². The molecular weight excluding hydrogens is 281 g/mol. The normalized spacial score (nSPS) is 11.2. The van der Waals surface area contributed by atoms with Crippen LogP contribution in [-0.2, 0) is 6.54 Å². The van der Waals surface area contributed by atoms with Crippen molar-refractivity contribution in [3.05, 3.63) is 29.3 Å². The summed E-state index contributed by atoms with van der Waals surface area (Å²) >= 11 is 0. The molecule has 0 amide bonds. The summed E-state index contributed by atoms with van der Waals surface area (Å²) in [6.45, 7) is 1.50. The van der Waals surface area contributed by atoms with Crippen molar-refractivity contribution in [2.45, 2.75) is 19.6 Å². The predicted octanol–water partition coefficient (Wildman–Crippen LogP) is 2.39. The van der Waals surface area contributed by atoms with Gasteiger partial charge in [0.25, 0.3) is 0 Å². The highest BCUT2D eigenvalue weighted by molar-refractivity contribution is 5.48. The van der Waals surface area contributed by atoms with Gasteiger partial charge in [-0.2, -0.15) is 13.2 Å². The SMILES string of the molecule is CCN(Cc1ccc(OC)c(C#CCN)c1)CC(F)(F)F. The highest BCUT2D eigenvalue weighted by atomic mass is 19.4. The van der Waals surface area contributed by atoms with Crippen LogP contribution in [0.1, 0.15) is 18.1 Å². The van der Waals surface area contributed by atoms with Gasteiger partial charge in [-0.1, -0.05) is 24.8 Å². The van der Waals surface area contributed by atoms with Gasteiger partial charge in [-0.15, -0.1) is 0 Å².